The number of thiol groups is 1. The summed E-state index contributed by atoms with van der Waals surface area (Å²) < 4.78 is 0. The molecule has 0 fully saturated rings. The Bertz CT molecular complexity index is 1100. The second kappa shape index (κ2) is 18.1. The number of nitrogens with two attached hydrogens (primary N) is 3. The van der Waals surface area contributed by atoms with Crippen LogP contribution in [0.1, 0.15) is 24.8 Å². The average Bonchev–Trinajstić information content (AvgIpc) is 2.91. The maximum absolute atomic E-state index is 13.2. The van der Waals surface area contributed by atoms with E-state index in [4.69, 9.17) is 22.3 Å². The van der Waals surface area contributed by atoms with E-state index in [1.54, 1.807) is 30.3 Å². The van der Waals surface area contributed by atoms with E-state index < -0.39 is 72.7 Å². The Morgan fingerprint density at radius 3 is 1.98 bits per heavy atom. The number of aliphatic carboxylic acids is 2. The molecule has 1 rings (SSSR count). The van der Waals surface area contributed by atoms with Gasteiger partial charge in [0.25, 0.3) is 0 Å². The first-order valence-electron chi connectivity index (χ1n) is 12.4. The van der Waals surface area contributed by atoms with Crippen LogP contribution in [0.4, 0.5) is 0 Å². The summed E-state index contributed by atoms with van der Waals surface area (Å²) in [4.78, 5) is 77.0. The van der Waals surface area contributed by atoms with Gasteiger partial charge in [-0.15, -0.1) is 0 Å². The number of benzene rings is 1. The Labute approximate surface area is 241 Å². The number of carbonyl (C=O) groups is 6. The molecular weight excluding hydrogens is 560 g/mol. The molecule has 0 radical (unpaired) electrons. The third-order valence-corrected chi connectivity index (χ3v) is 5.83. The minimum absolute atomic E-state index is 0.0630. The number of hydrogen-bond donors (Lipinski definition) is 10. The molecule has 1 aromatic rings. The van der Waals surface area contributed by atoms with Gasteiger partial charge in [-0.1, -0.05) is 30.3 Å². The molecule has 12 N–H and O–H groups in total. The Balaban J connectivity index is 3.02. The summed E-state index contributed by atoms with van der Waals surface area (Å²) in [6.45, 7) is -0.540. The first-order chi connectivity index (χ1) is 19.3. The van der Waals surface area contributed by atoms with E-state index in [9.17, 15) is 33.9 Å². The molecule has 0 aromatic heterocycles. The number of carbonyl (C=O) groups excluding carboxylic acids is 4. The summed E-state index contributed by atoms with van der Waals surface area (Å²) in [7, 11) is 0. The van der Waals surface area contributed by atoms with Crippen LogP contribution in [-0.2, 0) is 35.2 Å². The molecule has 1 aromatic carbocycles. The van der Waals surface area contributed by atoms with Crippen molar-refractivity contribution in [3.05, 3.63) is 35.9 Å². The van der Waals surface area contributed by atoms with Crippen molar-refractivity contribution in [3.8, 4) is 0 Å². The number of guanidine groups is 1. The monoisotopic (exact) mass is 596 g/mol. The fraction of sp³-hybridized carbons (Fsp3) is 0.458. The fourth-order valence-corrected chi connectivity index (χ4v) is 3.65. The lowest BCUT2D eigenvalue weighted by Crippen LogP contribution is -2.59. The number of nitrogens with zero attached hydrogens (tertiary/aromatic N) is 1. The Hall–Kier alpha value is -4.38. The van der Waals surface area contributed by atoms with Gasteiger partial charge in [-0.3, -0.25) is 33.8 Å². The van der Waals surface area contributed by atoms with Crippen molar-refractivity contribution in [1.29, 1.82) is 0 Å². The topological polar surface area (TPSA) is 281 Å². The van der Waals surface area contributed by atoms with Gasteiger partial charge in [0.1, 0.15) is 24.7 Å². The molecule has 41 heavy (non-hydrogen) atoms. The molecule has 16 nitrogen and oxygen atoms in total. The third-order valence-electron chi connectivity index (χ3n) is 5.46. The average molecular weight is 597 g/mol. The highest BCUT2D eigenvalue weighted by molar-refractivity contribution is 7.80. The lowest BCUT2D eigenvalue weighted by atomic mass is 10.0. The summed E-state index contributed by atoms with van der Waals surface area (Å²) in [5.41, 5.74) is 17.0. The summed E-state index contributed by atoms with van der Waals surface area (Å²) in [6.07, 6.45) is -0.287. The maximum atomic E-state index is 13.2. The van der Waals surface area contributed by atoms with Gasteiger partial charge in [0.05, 0.1) is 12.5 Å². The number of carboxylic acids is 2. The summed E-state index contributed by atoms with van der Waals surface area (Å²) in [5.74, 6) is -6.46. The molecule has 226 valence electrons. The van der Waals surface area contributed by atoms with Crippen LogP contribution in [0, 0.1) is 0 Å². The molecule has 17 heteroatoms. The van der Waals surface area contributed by atoms with Crippen molar-refractivity contribution in [2.24, 2.45) is 22.2 Å². The minimum atomic E-state index is -1.63. The molecule has 0 saturated heterocycles. The first kappa shape index (κ1) is 34.6. The van der Waals surface area contributed by atoms with Gasteiger partial charge in [-0.2, -0.15) is 12.6 Å². The number of carboxylic acid groups (broad SMARTS) is 2. The summed E-state index contributed by atoms with van der Waals surface area (Å²) in [6, 6.07) is 3.36. The number of amides is 4. The molecule has 0 aliphatic rings. The van der Waals surface area contributed by atoms with Gasteiger partial charge in [0.15, 0.2) is 5.96 Å². The molecule has 0 heterocycles. The van der Waals surface area contributed by atoms with Gasteiger partial charge in [-0.05, 0) is 18.4 Å². The molecule has 0 aliphatic heterocycles. The van der Waals surface area contributed by atoms with E-state index in [0.717, 1.165) is 0 Å². The van der Waals surface area contributed by atoms with Gasteiger partial charge in [0.2, 0.25) is 23.6 Å². The van der Waals surface area contributed by atoms with Gasteiger partial charge in [-0.25, -0.2) is 0 Å². The largest absolute Gasteiger partial charge is 0.481 e. The fourth-order valence-electron chi connectivity index (χ4n) is 3.40. The molecule has 0 aliphatic carbocycles. The number of rotatable bonds is 18. The van der Waals surface area contributed by atoms with Crippen LogP contribution in [-0.4, -0.2) is 94.7 Å². The number of hydrogen-bond acceptors (Lipinski definition) is 9. The van der Waals surface area contributed by atoms with E-state index in [0.29, 0.717) is 12.0 Å². The smallest absolute Gasteiger partial charge is 0.322 e. The highest BCUT2D eigenvalue weighted by atomic mass is 32.1. The lowest BCUT2D eigenvalue weighted by Gasteiger charge is -2.25. The summed E-state index contributed by atoms with van der Waals surface area (Å²) in [5, 5.41) is 27.2. The number of aliphatic imine (C=N–C) groups is 1. The van der Waals surface area contributed by atoms with Crippen LogP contribution in [0.2, 0.25) is 0 Å². The van der Waals surface area contributed by atoms with Crippen molar-refractivity contribution in [1.82, 2.24) is 21.3 Å². The molecule has 0 saturated carbocycles. The molecule has 4 atom stereocenters. The maximum Gasteiger partial charge on any atom is 0.322 e. The highest BCUT2D eigenvalue weighted by Crippen LogP contribution is 2.06. The van der Waals surface area contributed by atoms with E-state index >= 15 is 0 Å². The minimum Gasteiger partial charge on any atom is -0.481 e. The highest BCUT2D eigenvalue weighted by Gasteiger charge is 2.31. The van der Waals surface area contributed by atoms with E-state index in [2.05, 4.69) is 33.6 Å². The number of nitrogens with one attached hydrogen (secondary N) is 4. The SMILES string of the molecule is NC(N)=NCCC[C@H](N)C(=O)N[C@@H](CS)C(=O)N[C@H](Cc1ccccc1)C(=O)N[C@@H](CC(=O)O)C(=O)NCC(=O)O. The van der Waals surface area contributed by atoms with Crippen LogP contribution < -0.4 is 38.5 Å². The Morgan fingerprint density at radius 2 is 1.41 bits per heavy atom. The van der Waals surface area contributed by atoms with E-state index in [1.165, 1.54) is 0 Å². The predicted octanol–water partition coefficient (Wildman–Crippen LogP) is -3.33. The molecule has 0 spiro atoms. The second-order valence-electron chi connectivity index (χ2n) is 8.82. The van der Waals surface area contributed by atoms with Crippen molar-refractivity contribution < 1.29 is 39.0 Å². The zero-order valence-corrected chi connectivity index (χ0v) is 23.0. The molecular formula is C24H36N8O8S. The Morgan fingerprint density at radius 1 is 0.829 bits per heavy atom. The second-order valence-corrected chi connectivity index (χ2v) is 9.19. The zero-order chi connectivity index (χ0) is 30.9. The van der Waals surface area contributed by atoms with Crippen molar-refractivity contribution in [2.45, 2.75) is 49.9 Å². The quantitative estimate of drug-likeness (QED) is 0.0346. The van der Waals surface area contributed by atoms with Crippen LogP contribution in [0.5, 0.6) is 0 Å². The van der Waals surface area contributed by atoms with Crippen molar-refractivity contribution >= 4 is 54.2 Å². The van der Waals surface area contributed by atoms with Crippen molar-refractivity contribution in [2.75, 3.05) is 18.8 Å². The first-order valence-corrected chi connectivity index (χ1v) is 13.0. The lowest BCUT2D eigenvalue weighted by molar-refractivity contribution is -0.141. The third kappa shape index (κ3) is 14.0. The van der Waals surface area contributed by atoms with E-state index in [-0.39, 0.29) is 31.1 Å². The molecule has 0 bridgehead atoms. The molecule has 4 amide bonds. The van der Waals surface area contributed by atoms with Crippen LogP contribution >= 0.6 is 12.6 Å². The van der Waals surface area contributed by atoms with Crippen molar-refractivity contribution in [3.63, 3.8) is 0 Å². The van der Waals surface area contributed by atoms with Crippen LogP contribution in [0.3, 0.4) is 0 Å². The van der Waals surface area contributed by atoms with Gasteiger partial charge >= 0.3 is 11.9 Å². The van der Waals surface area contributed by atoms with Crippen LogP contribution in [0.25, 0.3) is 0 Å². The zero-order valence-electron chi connectivity index (χ0n) is 22.1. The standard InChI is InChI=1S/C24H36N8O8S/c25-14(7-4-8-28-24(26)27)20(37)32-17(12-41)23(40)30-15(9-13-5-2-1-3-6-13)22(39)31-16(10-18(33)34)21(38)29-11-19(35)36/h1-3,5-6,14-17,41H,4,7-12,25H2,(H,29,38)(H,30,40)(H,31,39)(H,32,37)(H,33,34)(H,35,36)(H4,26,27,28)/t14-,15+,16-,17-/m0/s1. The van der Waals surface area contributed by atoms with Crippen LogP contribution in [0.15, 0.2) is 35.3 Å². The predicted molar refractivity (Wildman–Crippen MR) is 151 cm³/mol. The Kier molecular flexibility index (Phi) is 15.3. The molecule has 0 unspecified atom stereocenters. The normalized spacial score (nSPS) is 13.4. The van der Waals surface area contributed by atoms with Gasteiger partial charge < -0.3 is 48.7 Å². The van der Waals surface area contributed by atoms with E-state index in [1.807, 2.05) is 5.32 Å². The van der Waals surface area contributed by atoms with Gasteiger partial charge in [0, 0.05) is 18.7 Å². The summed E-state index contributed by atoms with van der Waals surface area (Å²) >= 11 is 4.11.